The van der Waals surface area contributed by atoms with Gasteiger partial charge in [-0.3, -0.25) is 9.59 Å². The zero-order chi connectivity index (χ0) is 16.3. The fraction of sp³-hybridized carbons (Fsp3) is 0.357. The molecule has 118 valence electrons. The largest absolute Gasteiger partial charge is 0.370 e. The van der Waals surface area contributed by atoms with Gasteiger partial charge in [0, 0.05) is 18.5 Å². The zero-order valence-corrected chi connectivity index (χ0v) is 12.9. The molecule has 1 heterocycles. The second-order valence-corrected chi connectivity index (χ2v) is 5.59. The lowest BCUT2D eigenvalue weighted by molar-refractivity contribution is -0.132. The molecule has 0 unspecified atom stereocenters. The Hall–Kier alpha value is -2.12. The van der Waals surface area contributed by atoms with Crippen molar-refractivity contribution in [2.75, 3.05) is 7.05 Å². The number of hydrogen-bond donors (Lipinski definition) is 3. The molecule has 1 atom stereocenters. The van der Waals surface area contributed by atoms with E-state index in [1.54, 1.807) is 25.2 Å². The van der Waals surface area contributed by atoms with Crippen LogP contribution in [0, 0.1) is 0 Å². The summed E-state index contributed by atoms with van der Waals surface area (Å²) in [5.41, 5.74) is 12.4. The molecule has 0 fully saturated rings. The molecule has 22 heavy (non-hydrogen) atoms. The SMILES string of the molecule is CN(Cc1nc2ccc(Cl)cc2[nH]1)C(=O)[C@@H](N)CCC(N)=O. The highest BCUT2D eigenvalue weighted by Gasteiger charge is 2.19. The van der Waals surface area contributed by atoms with E-state index in [0.29, 0.717) is 10.8 Å². The van der Waals surface area contributed by atoms with Gasteiger partial charge >= 0.3 is 0 Å². The summed E-state index contributed by atoms with van der Waals surface area (Å²) in [6.07, 6.45) is 0.318. The third-order valence-corrected chi connectivity index (χ3v) is 3.51. The van der Waals surface area contributed by atoms with Crippen molar-refractivity contribution in [3.05, 3.63) is 29.0 Å². The molecule has 2 rings (SSSR count). The minimum absolute atomic E-state index is 0.0872. The van der Waals surface area contributed by atoms with E-state index in [9.17, 15) is 9.59 Å². The number of nitrogens with one attached hydrogen (secondary N) is 1. The van der Waals surface area contributed by atoms with Crippen molar-refractivity contribution in [2.45, 2.75) is 25.4 Å². The molecular weight excluding hydrogens is 306 g/mol. The standard InChI is InChI=1S/C14H18ClN5O2/c1-20(14(22)9(16)3-5-12(17)21)7-13-18-10-4-2-8(15)6-11(10)19-13/h2,4,6,9H,3,5,7,16H2,1H3,(H2,17,21)(H,18,19)/t9-/m0/s1. The molecule has 0 aliphatic heterocycles. The number of aromatic amines is 1. The van der Waals surface area contributed by atoms with Crippen LogP contribution >= 0.6 is 11.6 Å². The molecule has 0 bridgehead atoms. The lowest BCUT2D eigenvalue weighted by atomic mass is 10.1. The van der Waals surface area contributed by atoms with Gasteiger partial charge in [-0.15, -0.1) is 0 Å². The van der Waals surface area contributed by atoms with Crippen LogP contribution in [0.1, 0.15) is 18.7 Å². The van der Waals surface area contributed by atoms with Crippen LogP contribution in [0.5, 0.6) is 0 Å². The number of nitrogens with zero attached hydrogens (tertiary/aromatic N) is 2. The number of primary amides is 1. The Labute approximate surface area is 132 Å². The highest BCUT2D eigenvalue weighted by Crippen LogP contribution is 2.17. The van der Waals surface area contributed by atoms with Gasteiger partial charge in [0.25, 0.3) is 0 Å². The minimum atomic E-state index is -0.753. The van der Waals surface area contributed by atoms with E-state index < -0.39 is 11.9 Å². The van der Waals surface area contributed by atoms with E-state index in [-0.39, 0.29) is 25.3 Å². The van der Waals surface area contributed by atoms with E-state index in [1.807, 2.05) is 0 Å². The molecule has 1 aromatic carbocycles. The van der Waals surface area contributed by atoms with Crippen LogP contribution in [0.15, 0.2) is 18.2 Å². The average Bonchev–Trinajstić information content (AvgIpc) is 2.84. The first kappa shape index (κ1) is 16.3. The van der Waals surface area contributed by atoms with Crippen LogP contribution in [0.3, 0.4) is 0 Å². The van der Waals surface area contributed by atoms with E-state index >= 15 is 0 Å². The molecule has 1 aromatic heterocycles. The molecule has 7 nitrogen and oxygen atoms in total. The Morgan fingerprint density at radius 2 is 2.18 bits per heavy atom. The van der Waals surface area contributed by atoms with Crippen molar-refractivity contribution in [1.29, 1.82) is 0 Å². The average molecular weight is 324 g/mol. The van der Waals surface area contributed by atoms with Crippen molar-refractivity contribution < 1.29 is 9.59 Å². The molecule has 2 aromatic rings. The highest BCUT2D eigenvalue weighted by atomic mass is 35.5. The second-order valence-electron chi connectivity index (χ2n) is 5.15. The number of aromatic nitrogens is 2. The number of fused-ring (bicyclic) bond motifs is 1. The third kappa shape index (κ3) is 3.96. The Bertz CT molecular complexity index is 700. The van der Waals surface area contributed by atoms with Crippen molar-refractivity contribution in [1.82, 2.24) is 14.9 Å². The maximum Gasteiger partial charge on any atom is 0.239 e. The number of imidazole rings is 1. The third-order valence-electron chi connectivity index (χ3n) is 3.28. The predicted molar refractivity (Wildman–Crippen MR) is 84.0 cm³/mol. The summed E-state index contributed by atoms with van der Waals surface area (Å²) in [4.78, 5) is 31.8. The van der Waals surface area contributed by atoms with Crippen molar-refractivity contribution in [3.8, 4) is 0 Å². The fourth-order valence-electron chi connectivity index (χ4n) is 2.12. The maximum atomic E-state index is 12.1. The highest BCUT2D eigenvalue weighted by molar-refractivity contribution is 6.31. The summed E-state index contributed by atoms with van der Waals surface area (Å²) in [7, 11) is 1.63. The van der Waals surface area contributed by atoms with E-state index in [2.05, 4.69) is 9.97 Å². The number of halogens is 1. The van der Waals surface area contributed by atoms with Gasteiger partial charge in [-0.1, -0.05) is 11.6 Å². The van der Waals surface area contributed by atoms with Gasteiger partial charge in [0.1, 0.15) is 5.82 Å². The number of rotatable bonds is 6. The molecule has 8 heteroatoms. The van der Waals surface area contributed by atoms with Crippen molar-refractivity contribution >= 4 is 34.4 Å². The van der Waals surface area contributed by atoms with Crippen LogP contribution in [-0.4, -0.2) is 39.8 Å². The number of benzene rings is 1. The second kappa shape index (κ2) is 6.76. The number of H-pyrrole nitrogens is 1. The monoisotopic (exact) mass is 323 g/mol. The molecule has 0 saturated heterocycles. The van der Waals surface area contributed by atoms with Gasteiger partial charge in [0.2, 0.25) is 11.8 Å². The Morgan fingerprint density at radius 1 is 1.45 bits per heavy atom. The Balaban J connectivity index is 2.01. The fourth-order valence-corrected chi connectivity index (χ4v) is 2.29. The molecular formula is C14H18ClN5O2. The Kier molecular flexibility index (Phi) is 4.99. The summed E-state index contributed by atoms with van der Waals surface area (Å²) < 4.78 is 0. The quantitative estimate of drug-likeness (QED) is 0.727. The van der Waals surface area contributed by atoms with Crippen LogP contribution < -0.4 is 11.5 Å². The number of carbonyl (C=O) groups excluding carboxylic acids is 2. The molecule has 0 aliphatic carbocycles. The van der Waals surface area contributed by atoms with Gasteiger partial charge in [-0.2, -0.15) is 0 Å². The van der Waals surface area contributed by atoms with Crippen molar-refractivity contribution in [2.24, 2.45) is 11.5 Å². The van der Waals surface area contributed by atoms with Gasteiger partial charge < -0.3 is 21.4 Å². The summed E-state index contributed by atoms with van der Waals surface area (Å²) in [5.74, 6) is -0.102. The van der Waals surface area contributed by atoms with E-state index in [1.165, 1.54) is 4.90 Å². The first-order chi connectivity index (χ1) is 10.4. The van der Waals surface area contributed by atoms with Gasteiger partial charge in [0.05, 0.1) is 23.6 Å². The van der Waals surface area contributed by atoms with Crippen LogP contribution in [0.25, 0.3) is 11.0 Å². The van der Waals surface area contributed by atoms with Crippen LogP contribution in [0.4, 0.5) is 0 Å². The molecule has 2 amide bonds. The van der Waals surface area contributed by atoms with Crippen LogP contribution in [-0.2, 0) is 16.1 Å². The van der Waals surface area contributed by atoms with Gasteiger partial charge in [0.15, 0.2) is 0 Å². The number of hydrogen-bond acceptors (Lipinski definition) is 4. The molecule has 0 radical (unpaired) electrons. The van der Waals surface area contributed by atoms with E-state index in [4.69, 9.17) is 23.1 Å². The van der Waals surface area contributed by atoms with Gasteiger partial charge in [-0.25, -0.2) is 4.98 Å². The zero-order valence-electron chi connectivity index (χ0n) is 12.2. The minimum Gasteiger partial charge on any atom is -0.370 e. The van der Waals surface area contributed by atoms with Crippen molar-refractivity contribution in [3.63, 3.8) is 0 Å². The summed E-state index contributed by atoms with van der Waals surface area (Å²) in [6.45, 7) is 0.287. The molecule has 5 N–H and O–H groups in total. The molecule has 0 spiro atoms. The number of nitrogens with two attached hydrogens (primary N) is 2. The lowest BCUT2D eigenvalue weighted by Gasteiger charge is -2.20. The van der Waals surface area contributed by atoms with Gasteiger partial charge in [-0.05, 0) is 24.6 Å². The molecule has 0 aliphatic rings. The summed E-state index contributed by atoms with van der Waals surface area (Å²) in [6, 6.07) is 4.57. The summed E-state index contributed by atoms with van der Waals surface area (Å²) in [5, 5.41) is 0.612. The number of amides is 2. The lowest BCUT2D eigenvalue weighted by Crippen LogP contribution is -2.42. The normalized spacial score (nSPS) is 12.3. The van der Waals surface area contributed by atoms with Crippen LogP contribution in [0.2, 0.25) is 5.02 Å². The Morgan fingerprint density at radius 3 is 2.86 bits per heavy atom. The summed E-state index contributed by atoms with van der Waals surface area (Å²) >= 11 is 5.92. The number of carbonyl (C=O) groups is 2. The topological polar surface area (TPSA) is 118 Å². The first-order valence-electron chi connectivity index (χ1n) is 6.80. The maximum absolute atomic E-state index is 12.1. The van der Waals surface area contributed by atoms with E-state index in [0.717, 1.165) is 11.0 Å². The predicted octanol–water partition coefficient (Wildman–Crippen LogP) is 0.768. The first-order valence-corrected chi connectivity index (χ1v) is 7.17. The number of likely N-dealkylation sites (N-methyl/N-ethyl adjacent to an activating group) is 1. The molecule has 0 saturated carbocycles. The smallest absolute Gasteiger partial charge is 0.239 e.